The zero-order valence-electron chi connectivity index (χ0n) is 6.61. The molecule has 0 aromatic heterocycles. The highest BCUT2D eigenvalue weighted by atomic mass is 19.1. The van der Waals surface area contributed by atoms with E-state index >= 15 is 0 Å². The number of carbonyl (C=O) groups excluding carboxylic acids is 1. The fourth-order valence-electron chi connectivity index (χ4n) is 0.733. The maximum Gasteiger partial charge on any atom is 0.231 e. The van der Waals surface area contributed by atoms with Gasteiger partial charge in [0.15, 0.2) is 0 Å². The molecule has 0 aromatic rings. The Bertz CT molecular complexity index is 109. The van der Waals surface area contributed by atoms with Crippen molar-refractivity contribution in [3.05, 3.63) is 0 Å². The molecule has 3 N–H and O–H groups in total. The molecule has 0 radical (unpaired) electrons. The van der Waals surface area contributed by atoms with Gasteiger partial charge in [0.25, 0.3) is 0 Å². The fraction of sp³-hybridized carbons (Fsp3) is 0.857. The van der Waals surface area contributed by atoms with E-state index < -0.39 is 0 Å². The maximum absolute atomic E-state index is 11.5. The first-order valence-electron chi connectivity index (χ1n) is 3.82. The van der Waals surface area contributed by atoms with Crippen LogP contribution in [0.4, 0.5) is 4.39 Å². The number of halogens is 1. The van der Waals surface area contributed by atoms with Crippen molar-refractivity contribution in [1.29, 1.82) is 0 Å². The van der Waals surface area contributed by atoms with Gasteiger partial charge in [-0.1, -0.05) is 0 Å². The average molecular weight is 162 g/mol. The summed E-state index contributed by atoms with van der Waals surface area (Å²) < 4.78 is 11.5. The monoisotopic (exact) mass is 162 g/mol. The zero-order valence-corrected chi connectivity index (χ0v) is 6.61. The Morgan fingerprint density at radius 3 is 2.64 bits per heavy atom. The molecule has 0 aliphatic carbocycles. The van der Waals surface area contributed by atoms with Crippen LogP contribution in [0.15, 0.2) is 0 Å². The van der Waals surface area contributed by atoms with Crippen molar-refractivity contribution in [2.75, 3.05) is 19.8 Å². The third-order valence-corrected chi connectivity index (χ3v) is 1.29. The lowest BCUT2D eigenvalue weighted by Crippen LogP contribution is -2.29. The number of hydrogen-bond donors (Lipinski definition) is 2. The molecule has 0 fully saturated rings. The third-order valence-electron chi connectivity index (χ3n) is 1.29. The summed E-state index contributed by atoms with van der Waals surface area (Å²) in [6, 6.07) is 0. The number of carbonyl (C=O) groups is 1. The molecule has 0 rings (SSSR count). The first-order chi connectivity index (χ1) is 5.27. The summed E-state index contributed by atoms with van der Waals surface area (Å²) in [7, 11) is 0. The molecule has 0 saturated carbocycles. The maximum atomic E-state index is 11.5. The lowest BCUT2D eigenvalue weighted by atomic mass is 10.2. The number of nitrogens with one attached hydrogen (secondary N) is 1. The fourth-order valence-corrected chi connectivity index (χ4v) is 0.733. The molecule has 0 aromatic carbocycles. The predicted molar refractivity (Wildman–Crippen MR) is 41.9 cm³/mol. The minimum atomic E-state index is -0.351. The second-order valence-electron chi connectivity index (χ2n) is 2.39. The molecule has 0 aliphatic heterocycles. The van der Waals surface area contributed by atoms with Crippen molar-refractivity contribution in [2.24, 2.45) is 5.73 Å². The van der Waals surface area contributed by atoms with E-state index in [0.29, 0.717) is 6.42 Å². The summed E-state index contributed by atoms with van der Waals surface area (Å²) in [5, 5.41) is 2.85. The summed E-state index contributed by atoms with van der Waals surface area (Å²) >= 11 is 0. The second kappa shape index (κ2) is 7.47. The van der Waals surface area contributed by atoms with Crippen molar-refractivity contribution in [1.82, 2.24) is 5.32 Å². The lowest BCUT2D eigenvalue weighted by Gasteiger charge is -1.99. The van der Waals surface area contributed by atoms with Crippen LogP contribution in [0.1, 0.15) is 19.3 Å². The summed E-state index contributed by atoms with van der Waals surface area (Å²) in [6.45, 7) is 0.703. The minimum absolute atomic E-state index is 0.218. The van der Waals surface area contributed by atoms with Gasteiger partial charge in [0.1, 0.15) is 0 Å². The van der Waals surface area contributed by atoms with Crippen LogP contribution in [0.3, 0.4) is 0 Å². The Labute approximate surface area is 66.1 Å². The van der Waals surface area contributed by atoms with E-state index in [2.05, 4.69) is 5.32 Å². The highest BCUT2D eigenvalue weighted by Gasteiger charge is 1.92. The minimum Gasteiger partial charge on any atom is -0.369 e. The van der Waals surface area contributed by atoms with E-state index in [-0.39, 0.29) is 19.1 Å². The second-order valence-corrected chi connectivity index (χ2v) is 2.39. The van der Waals surface area contributed by atoms with Crippen LogP contribution in [-0.4, -0.2) is 25.7 Å². The van der Waals surface area contributed by atoms with Crippen LogP contribution in [0.5, 0.6) is 0 Å². The predicted octanol–water partition coefficient (Wildman–Crippen LogP) is 0.201. The number of unbranched alkanes of at least 4 members (excludes halogenated alkanes) is 2. The molecule has 0 saturated heterocycles. The highest BCUT2D eigenvalue weighted by molar-refractivity contribution is 5.75. The van der Waals surface area contributed by atoms with Gasteiger partial charge in [0.2, 0.25) is 5.91 Å². The molecule has 0 aliphatic rings. The molecular formula is C7H15FN2O. The van der Waals surface area contributed by atoms with E-state index in [1.807, 2.05) is 0 Å². The Hall–Kier alpha value is -0.640. The molecule has 0 bridgehead atoms. The van der Waals surface area contributed by atoms with E-state index in [4.69, 9.17) is 5.73 Å². The van der Waals surface area contributed by atoms with Crippen molar-refractivity contribution < 1.29 is 9.18 Å². The van der Waals surface area contributed by atoms with Crippen molar-refractivity contribution >= 4 is 5.91 Å². The topological polar surface area (TPSA) is 55.1 Å². The number of alkyl halides is 1. The molecule has 0 unspecified atom stereocenters. The first kappa shape index (κ1) is 10.4. The number of hydrogen-bond acceptors (Lipinski definition) is 2. The normalized spacial score (nSPS) is 9.91. The van der Waals surface area contributed by atoms with Crippen molar-refractivity contribution in [2.45, 2.75) is 19.3 Å². The molecule has 0 spiro atoms. The summed E-state index contributed by atoms with van der Waals surface area (Å²) in [4.78, 5) is 10.2. The van der Waals surface area contributed by atoms with Gasteiger partial charge in [-0.15, -0.1) is 0 Å². The molecule has 3 nitrogen and oxygen atoms in total. The van der Waals surface area contributed by atoms with Crippen LogP contribution in [0.25, 0.3) is 0 Å². The van der Waals surface area contributed by atoms with Gasteiger partial charge in [-0.2, -0.15) is 0 Å². The third kappa shape index (κ3) is 9.36. The van der Waals surface area contributed by atoms with E-state index in [0.717, 1.165) is 19.4 Å². The van der Waals surface area contributed by atoms with Gasteiger partial charge in [0.05, 0.1) is 13.2 Å². The molecule has 11 heavy (non-hydrogen) atoms. The molecule has 4 heteroatoms. The number of amides is 1. The van der Waals surface area contributed by atoms with Gasteiger partial charge in [-0.25, -0.2) is 0 Å². The van der Waals surface area contributed by atoms with Crippen LogP contribution in [0, 0.1) is 0 Å². The Balaban J connectivity index is 2.85. The van der Waals surface area contributed by atoms with E-state index in [9.17, 15) is 9.18 Å². The zero-order chi connectivity index (χ0) is 8.53. The Kier molecular flexibility index (Phi) is 7.03. The van der Waals surface area contributed by atoms with Crippen molar-refractivity contribution in [3.63, 3.8) is 0 Å². The number of nitrogens with two attached hydrogens (primary N) is 1. The largest absolute Gasteiger partial charge is 0.369 e. The quantitative estimate of drug-likeness (QED) is 0.525. The van der Waals surface area contributed by atoms with E-state index in [1.165, 1.54) is 0 Å². The summed E-state index contributed by atoms with van der Waals surface area (Å²) in [5.41, 5.74) is 4.87. The first-order valence-corrected chi connectivity index (χ1v) is 3.82. The van der Waals surface area contributed by atoms with Crippen LogP contribution in [0.2, 0.25) is 0 Å². The lowest BCUT2D eigenvalue weighted by molar-refractivity contribution is -0.117. The van der Waals surface area contributed by atoms with Crippen molar-refractivity contribution in [3.8, 4) is 0 Å². The van der Waals surface area contributed by atoms with Gasteiger partial charge in [0, 0.05) is 0 Å². The number of rotatable bonds is 7. The van der Waals surface area contributed by atoms with Crippen LogP contribution < -0.4 is 11.1 Å². The summed E-state index contributed by atoms with van der Waals surface area (Å²) in [6.07, 6.45) is 2.37. The average Bonchev–Trinajstić information content (AvgIpc) is 1.96. The van der Waals surface area contributed by atoms with Gasteiger partial charge in [-0.05, 0) is 25.8 Å². The molecule has 1 amide bonds. The van der Waals surface area contributed by atoms with Crippen LogP contribution >= 0.6 is 0 Å². The van der Waals surface area contributed by atoms with Gasteiger partial charge in [-0.3, -0.25) is 9.18 Å². The summed E-state index contributed by atoms with van der Waals surface area (Å²) in [5.74, 6) is -0.351. The standard InChI is InChI=1S/C7H15FN2O/c8-4-2-1-3-5-10-6-7(9)11/h10H,1-6H2,(H2,9,11). The highest BCUT2D eigenvalue weighted by Crippen LogP contribution is 1.93. The molecule has 66 valence electrons. The Morgan fingerprint density at radius 1 is 1.36 bits per heavy atom. The molecular weight excluding hydrogens is 147 g/mol. The number of primary amides is 1. The van der Waals surface area contributed by atoms with Crippen LogP contribution in [-0.2, 0) is 4.79 Å². The Morgan fingerprint density at radius 2 is 2.09 bits per heavy atom. The van der Waals surface area contributed by atoms with E-state index in [1.54, 1.807) is 0 Å². The smallest absolute Gasteiger partial charge is 0.231 e. The SMILES string of the molecule is NC(=O)CNCCCCCF. The molecule has 0 atom stereocenters. The van der Waals surface area contributed by atoms with Gasteiger partial charge < -0.3 is 11.1 Å². The van der Waals surface area contributed by atoms with Gasteiger partial charge >= 0.3 is 0 Å². The molecule has 0 heterocycles.